The van der Waals surface area contributed by atoms with Crippen LogP contribution in [0.5, 0.6) is 0 Å². The maximum Gasteiger partial charge on any atom is 0.222 e. The minimum absolute atomic E-state index is 0.109. The molecule has 0 saturated heterocycles. The molecule has 7 heteroatoms. The number of hydrogen-bond donors (Lipinski definition) is 0. The Bertz CT molecular complexity index is 579. The van der Waals surface area contributed by atoms with E-state index in [0.717, 1.165) is 10.0 Å². The molecule has 1 amide bonds. The second-order valence-corrected chi connectivity index (χ2v) is 5.52. The summed E-state index contributed by atoms with van der Waals surface area (Å²) in [6.45, 7) is 0.586. The van der Waals surface area contributed by atoms with Crippen LogP contribution in [0.3, 0.4) is 0 Å². The van der Waals surface area contributed by atoms with Gasteiger partial charge in [-0.25, -0.2) is 0 Å². The van der Waals surface area contributed by atoms with E-state index in [2.05, 4.69) is 31.3 Å². The Balaban J connectivity index is 1.92. The molecule has 6 nitrogen and oxygen atoms in total. The van der Waals surface area contributed by atoms with Gasteiger partial charge in [0.05, 0.1) is 6.54 Å². The zero-order chi connectivity index (χ0) is 14.5. The lowest BCUT2D eigenvalue weighted by Gasteiger charge is -2.08. The average Bonchev–Trinajstić information content (AvgIpc) is 2.88. The zero-order valence-corrected chi connectivity index (χ0v) is 13.0. The highest BCUT2D eigenvalue weighted by Gasteiger charge is 2.07. The first-order valence-corrected chi connectivity index (χ1v) is 7.09. The van der Waals surface area contributed by atoms with Crippen molar-refractivity contribution in [1.29, 1.82) is 0 Å². The summed E-state index contributed by atoms with van der Waals surface area (Å²) in [5, 5.41) is 12.3. The molecule has 0 unspecified atom stereocenters. The van der Waals surface area contributed by atoms with Gasteiger partial charge in [-0.05, 0) is 35.9 Å². The average molecular weight is 338 g/mol. The molecule has 0 aliphatic carbocycles. The molecule has 2 aromatic rings. The molecule has 1 heterocycles. The molecule has 0 atom stereocenters. The van der Waals surface area contributed by atoms with Gasteiger partial charge in [-0.1, -0.05) is 15.9 Å². The quantitative estimate of drug-likeness (QED) is 0.836. The number of nitrogens with zero attached hydrogens (tertiary/aromatic N) is 5. The van der Waals surface area contributed by atoms with Crippen molar-refractivity contribution >= 4 is 21.8 Å². The third kappa shape index (κ3) is 3.86. The molecule has 0 saturated carbocycles. The fourth-order valence-corrected chi connectivity index (χ4v) is 1.91. The molecule has 0 spiro atoms. The number of carbonyl (C=O) groups excluding carboxylic acids is 1. The fourth-order valence-electron chi connectivity index (χ4n) is 1.65. The van der Waals surface area contributed by atoms with Crippen molar-refractivity contribution in [2.24, 2.45) is 0 Å². The van der Waals surface area contributed by atoms with Gasteiger partial charge in [0.15, 0.2) is 0 Å². The van der Waals surface area contributed by atoms with Gasteiger partial charge in [-0.2, -0.15) is 4.80 Å². The van der Waals surface area contributed by atoms with Gasteiger partial charge in [0.2, 0.25) is 11.7 Å². The van der Waals surface area contributed by atoms with E-state index in [9.17, 15) is 4.79 Å². The first-order chi connectivity index (χ1) is 9.56. The molecule has 0 bridgehead atoms. The largest absolute Gasteiger partial charge is 0.349 e. The summed E-state index contributed by atoms with van der Waals surface area (Å²) in [5.41, 5.74) is 0.920. The van der Waals surface area contributed by atoms with Crippen molar-refractivity contribution in [2.75, 3.05) is 14.1 Å². The van der Waals surface area contributed by atoms with E-state index in [0.29, 0.717) is 25.2 Å². The molecule has 20 heavy (non-hydrogen) atoms. The summed E-state index contributed by atoms with van der Waals surface area (Å²) < 4.78 is 1.01. The van der Waals surface area contributed by atoms with Crippen molar-refractivity contribution < 1.29 is 4.79 Å². The number of benzene rings is 1. The van der Waals surface area contributed by atoms with Crippen molar-refractivity contribution in [3.8, 4) is 11.4 Å². The van der Waals surface area contributed by atoms with Gasteiger partial charge >= 0.3 is 0 Å². The number of amides is 1. The second-order valence-electron chi connectivity index (χ2n) is 4.61. The van der Waals surface area contributed by atoms with E-state index in [1.807, 2.05) is 24.3 Å². The van der Waals surface area contributed by atoms with E-state index in [-0.39, 0.29) is 5.91 Å². The summed E-state index contributed by atoms with van der Waals surface area (Å²) in [4.78, 5) is 14.6. The van der Waals surface area contributed by atoms with Gasteiger partial charge in [0.1, 0.15) is 0 Å². The Morgan fingerprint density at radius 1 is 1.30 bits per heavy atom. The molecular weight excluding hydrogens is 322 g/mol. The maximum absolute atomic E-state index is 11.4. The van der Waals surface area contributed by atoms with Crippen molar-refractivity contribution in [1.82, 2.24) is 25.1 Å². The number of halogens is 1. The van der Waals surface area contributed by atoms with E-state index in [1.54, 1.807) is 19.0 Å². The predicted octanol–water partition coefficient (Wildman–Crippen LogP) is 1.97. The number of tetrazole rings is 1. The second kappa shape index (κ2) is 6.60. The van der Waals surface area contributed by atoms with Crippen molar-refractivity contribution in [2.45, 2.75) is 19.4 Å². The third-order valence-electron chi connectivity index (χ3n) is 2.80. The lowest BCUT2D eigenvalue weighted by molar-refractivity contribution is -0.128. The van der Waals surface area contributed by atoms with Crippen LogP contribution in [0.1, 0.15) is 12.8 Å². The highest BCUT2D eigenvalue weighted by Crippen LogP contribution is 2.17. The monoisotopic (exact) mass is 337 g/mol. The lowest BCUT2D eigenvalue weighted by atomic mass is 10.2. The number of aryl methyl sites for hydroxylation is 1. The SMILES string of the molecule is CN(C)C(=O)CCCn1nnc(-c2ccc(Br)cc2)n1. The molecule has 0 aliphatic heterocycles. The van der Waals surface area contributed by atoms with Crippen LogP contribution in [-0.4, -0.2) is 45.1 Å². The third-order valence-corrected chi connectivity index (χ3v) is 3.33. The minimum atomic E-state index is 0.109. The number of aromatic nitrogens is 4. The van der Waals surface area contributed by atoms with Crippen molar-refractivity contribution in [3.05, 3.63) is 28.7 Å². The smallest absolute Gasteiger partial charge is 0.222 e. The summed E-state index contributed by atoms with van der Waals surface area (Å²) in [6.07, 6.45) is 1.19. The Labute approximate surface area is 125 Å². The summed E-state index contributed by atoms with van der Waals surface area (Å²) in [7, 11) is 3.50. The topological polar surface area (TPSA) is 63.9 Å². The highest BCUT2D eigenvalue weighted by molar-refractivity contribution is 9.10. The van der Waals surface area contributed by atoms with Crippen molar-refractivity contribution in [3.63, 3.8) is 0 Å². The Morgan fingerprint density at radius 2 is 2.00 bits per heavy atom. The Kier molecular flexibility index (Phi) is 4.84. The minimum Gasteiger partial charge on any atom is -0.349 e. The molecule has 0 fully saturated rings. The molecule has 1 aromatic carbocycles. The van der Waals surface area contributed by atoms with Gasteiger partial charge in [0, 0.05) is 30.6 Å². The molecule has 106 valence electrons. The van der Waals surface area contributed by atoms with E-state index in [4.69, 9.17) is 0 Å². The molecular formula is C13H16BrN5O. The van der Waals surface area contributed by atoms with Gasteiger partial charge in [-0.3, -0.25) is 4.79 Å². The zero-order valence-electron chi connectivity index (χ0n) is 11.5. The Morgan fingerprint density at radius 3 is 2.65 bits per heavy atom. The molecule has 0 aliphatic rings. The van der Waals surface area contributed by atoms with Crippen LogP contribution in [0.15, 0.2) is 28.7 Å². The van der Waals surface area contributed by atoms with Crippen LogP contribution in [0.25, 0.3) is 11.4 Å². The van der Waals surface area contributed by atoms with Crippen LogP contribution >= 0.6 is 15.9 Å². The fraction of sp³-hybridized carbons (Fsp3) is 0.385. The van der Waals surface area contributed by atoms with E-state index >= 15 is 0 Å². The van der Waals surface area contributed by atoms with Crippen LogP contribution in [-0.2, 0) is 11.3 Å². The van der Waals surface area contributed by atoms with Crippen LogP contribution < -0.4 is 0 Å². The summed E-state index contributed by atoms with van der Waals surface area (Å²) >= 11 is 3.39. The summed E-state index contributed by atoms with van der Waals surface area (Å²) in [5.74, 6) is 0.703. The molecule has 1 aromatic heterocycles. The summed E-state index contributed by atoms with van der Waals surface area (Å²) in [6, 6.07) is 7.74. The number of hydrogen-bond acceptors (Lipinski definition) is 4. The standard InChI is InChI=1S/C13H16BrN5O/c1-18(2)12(20)4-3-9-19-16-13(15-17-19)10-5-7-11(14)8-6-10/h5-8H,3-4,9H2,1-2H3. The first-order valence-electron chi connectivity index (χ1n) is 6.30. The van der Waals surface area contributed by atoms with Gasteiger partial charge in [0.25, 0.3) is 0 Å². The first kappa shape index (κ1) is 14.6. The van der Waals surface area contributed by atoms with Crippen LogP contribution in [0.2, 0.25) is 0 Å². The molecule has 0 radical (unpaired) electrons. The van der Waals surface area contributed by atoms with Crippen LogP contribution in [0.4, 0.5) is 0 Å². The number of carbonyl (C=O) groups is 1. The lowest BCUT2D eigenvalue weighted by Crippen LogP contribution is -2.21. The molecule has 2 rings (SSSR count). The number of rotatable bonds is 5. The van der Waals surface area contributed by atoms with Crippen LogP contribution in [0, 0.1) is 0 Å². The predicted molar refractivity (Wildman–Crippen MR) is 78.9 cm³/mol. The normalized spacial score (nSPS) is 10.6. The van der Waals surface area contributed by atoms with E-state index < -0.39 is 0 Å². The highest BCUT2D eigenvalue weighted by atomic mass is 79.9. The molecule has 0 N–H and O–H groups in total. The van der Waals surface area contributed by atoms with E-state index in [1.165, 1.54) is 4.80 Å². The Hall–Kier alpha value is -1.76. The van der Waals surface area contributed by atoms with Gasteiger partial charge < -0.3 is 4.90 Å². The maximum atomic E-state index is 11.4. The van der Waals surface area contributed by atoms with Gasteiger partial charge in [-0.15, -0.1) is 10.2 Å².